The number of nitrogen functional groups attached to an aromatic ring is 1. The summed E-state index contributed by atoms with van der Waals surface area (Å²) in [5.41, 5.74) is 13.3. The predicted octanol–water partition coefficient (Wildman–Crippen LogP) is 0.652. The van der Waals surface area contributed by atoms with Crippen molar-refractivity contribution in [3.8, 4) is 0 Å². The molecule has 1 amide bonds. The number of hydrogen-bond acceptors (Lipinski definition) is 4. The highest BCUT2D eigenvalue weighted by molar-refractivity contribution is 6.00. The molecule has 2 aliphatic rings. The number of piperazine rings is 1. The first-order chi connectivity index (χ1) is 9.16. The molecule has 2 heterocycles. The van der Waals surface area contributed by atoms with Crippen LogP contribution in [0.2, 0.25) is 0 Å². The summed E-state index contributed by atoms with van der Waals surface area (Å²) >= 11 is 0. The highest BCUT2D eigenvalue weighted by Gasteiger charge is 2.31. The minimum absolute atomic E-state index is 0.423. The van der Waals surface area contributed by atoms with Gasteiger partial charge in [0.05, 0.1) is 16.9 Å². The topological polar surface area (TPSA) is 75.6 Å². The van der Waals surface area contributed by atoms with Gasteiger partial charge in [0.25, 0.3) is 5.91 Å². The van der Waals surface area contributed by atoms with Gasteiger partial charge in [-0.05, 0) is 31.5 Å². The quantitative estimate of drug-likeness (QED) is 0.766. The number of fused-ring (bicyclic) bond motifs is 1. The third-order valence-corrected chi connectivity index (χ3v) is 4.28. The summed E-state index contributed by atoms with van der Waals surface area (Å²) in [6.07, 6.45) is 2.54. The van der Waals surface area contributed by atoms with E-state index in [1.807, 2.05) is 12.1 Å². The van der Waals surface area contributed by atoms with Crippen LogP contribution >= 0.6 is 0 Å². The summed E-state index contributed by atoms with van der Waals surface area (Å²) in [5, 5.41) is 0. The molecule has 4 N–H and O–H groups in total. The molecule has 2 saturated heterocycles. The van der Waals surface area contributed by atoms with Crippen LogP contribution in [0.15, 0.2) is 18.2 Å². The fraction of sp³-hybridized carbons (Fsp3) is 0.500. The van der Waals surface area contributed by atoms with Gasteiger partial charge < -0.3 is 16.4 Å². The summed E-state index contributed by atoms with van der Waals surface area (Å²) < 4.78 is 0. The van der Waals surface area contributed by atoms with Gasteiger partial charge in [0.15, 0.2) is 0 Å². The Morgan fingerprint density at radius 2 is 2.11 bits per heavy atom. The predicted molar refractivity (Wildman–Crippen MR) is 76.2 cm³/mol. The number of nitrogens with zero attached hydrogens (tertiary/aromatic N) is 2. The van der Waals surface area contributed by atoms with Crippen molar-refractivity contribution in [2.24, 2.45) is 5.73 Å². The fourth-order valence-corrected chi connectivity index (χ4v) is 3.25. The molecule has 5 nitrogen and oxygen atoms in total. The lowest BCUT2D eigenvalue weighted by Gasteiger charge is -2.39. The Kier molecular flexibility index (Phi) is 3.06. The molecule has 1 atom stereocenters. The van der Waals surface area contributed by atoms with E-state index in [1.165, 1.54) is 19.4 Å². The Bertz CT molecular complexity index is 502. The van der Waals surface area contributed by atoms with E-state index in [1.54, 1.807) is 6.07 Å². The van der Waals surface area contributed by atoms with Crippen LogP contribution in [0.5, 0.6) is 0 Å². The Labute approximate surface area is 113 Å². The van der Waals surface area contributed by atoms with Crippen LogP contribution in [0, 0.1) is 0 Å². The van der Waals surface area contributed by atoms with Crippen molar-refractivity contribution < 1.29 is 4.79 Å². The van der Waals surface area contributed by atoms with Gasteiger partial charge in [-0.15, -0.1) is 0 Å². The first-order valence-corrected chi connectivity index (χ1v) is 6.84. The summed E-state index contributed by atoms with van der Waals surface area (Å²) in [6, 6.07) is 6.15. The number of benzene rings is 1. The van der Waals surface area contributed by atoms with Crippen molar-refractivity contribution in [3.63, 3.8) is 0 Å². The highest BCUT2D eigenvalue weighted by Crippen LogP contribution is 2.30. The van der Waals surface area contributed by atoms with Gasteiger partial charge in [0.2, 0.25) is 0 Å². The molecule has 0 saturated carbocycles. The molecule has 19 heavy (non-hydrogen) atoms. The lowest BCUT2D eigenvalue weighted by Crippen LogP contribution is -2.50. The Morgan fingerprint density at radius 3 is 2.89 bits per heavy atom. The summed E-state index contributed by atoms with van der Waals surface area (Å²) in [4.78, 5) is 16.2. The number of amides is 1. The molecule has 0 aromatic heterocycles. The SMILES string of the molecule is NC(=O)c1cccc(N2CCN3CCCC3C2)c1N. The van der Waals surface area contributed by atoms with Crippen molar-refractivity contribution in [1.29, 1.82) is 0 Å². The van der Waals surface area contributed by atoms with Crippen molar-refractivity contribution >= 4 is 17.3 Å². The molecule has 0 aliphatic carbocycles. The lowest BCUT2D eigenvalue weighted by atomic mass is 10.1. The van der Waals surface area contributed by atoms with E-state index in [9.17, 15) is 4.79 Å². The second kappa shape index (κ2) is 4.74. The number of carbonyl (C=O) groups excluding carboxylic acids is 1. The smallest absolute Gasteiger partial charge is 0.250 e. The first-order valence-electron chi connectivity index (χ1n) is 6.84. The Hall–Kier alpha value is -1.75. The fourth-order valence-electron chi connectivity index (χ4n) is 3.25. The third kappa shape index (κ3) is 2.14. The summed E-state index contributed by atoms with van der Waals surface area (Å²) in [6.45, 7) is 4.25. The molecule has 5 heteroatoms. The number of carbonyl (C=O) groups is 1. The van der Waals surface area contributed by atoms with E-state index < -0.39 is 5.91 Å². The average Bonchev–Trinajstić information content (AvgIpc) is 2.85. The van der Waals surface area contributed by atoms with Gasteiger partial charge in [0, 0.05) is 25.7 Å². The van der Waals surface area contributed by atoms with Crippen LogP contribution in [0.3, 0.4) is 0 Å². The molecule has 102 valence electrons. The molecule has 1 aromatic rings. The second-order valence-corrected chi connectivity index (χ2v) is 5.38. The van der Waals surface area contributed by atoms with Gasteiger partial charge in [-0.3, -0.25) is 9.69 Å². The highest BCUT2D eigenvalue weighted by atomic mass is 16.1. The molecule has 2 fully saturated rings. The molecule has 3 rings (SSSR count). The van der Waals surface area contributed by atoms with E-state index >= 15 is 0 Å². The average molecular weight is 260 g/mol. The van der Waals surface area contributed by atoms with Gasteiger partial charge in [-0.25, -0.2) is 0 Å². The third-order valence-electron chi connectivity index (χ3n) is 4.28. The van der Waals surface area contributed by atoms with Crippen LogP contribution in [0.4, 0.5) is 11.4 Å². The van der Waals surface area contributed by atoms with Crippen molar-refractivity contribution in [2.75, 3.05) is 36.8 Å². The lowest BCUT2D eigenvalue weighted by molar-refractivity contribution is 0.100. The van der Waals surface area contributed by atoms with E-state index in [0.29, 0.717) is 17.3 Å². The van der Waals surface area contributed by atoms with Crippen LogP contribution in [-0.2, 0) is 0 Å². The Morgan fingerprint density at radius 1 is 1.26 bits per heavy atom. The number of anilines is 2. The Balaban J connectivity index is 1.86. The number of rotatable bonds is 2. The molecule has 0 bridgehead atoms. The molecule has 0 spiro atoms. The number of hydrogen-bond donors (Lipinski definition) is 2. The standard InChI is InChI=1S/C14H20N4O/c15-13-11(14(16)19)4-1-5-12(13)18-8-7-17-6-2-3-10(17)9-18/h1,4-5,10H,2-3,6-9,15H2,(H2,16,19). The van der Waals surface area contributed by atoms with Crippen molar-refractivity contribution in [2.45, 2.75) is 18.9 Å². The molecule has 0 radical (unpaired) electrons. The second-order valence-electron chi connectivity index (χ2n) is 5.38. The zero-order chi connectivity index (χ0) is 13.4. The monoisotopic (exact) mass is 260 g/mol. The van der Waals surface area contributed by atoms with Gasteiger partial charge in [-0.1, -0.05) is 6.07 Å². The van der Waals surface area contributed by atoms with Gasteiger partial charge in [0.1, 0.15) is 0 Å². The summed E-state index contributed by atoms with van der Waals surface area (Å²) in [7, 11) is 0. The largest absolute Gasteiger partial charge is 0.396 e. The van der Waals surface area contributed by atoms with Crippen molar-refractivity contribution in [3.05, 3.63) is 23.8 Å². The molecular formula is C14H20N4O. The van der Waals surface area contributed by atoms with E-state index in [-0.39, 0.29) is 0 Å². The maximum absolute atomic E-state index is 11.4. The van der Waals surface area contributed by atoms with Crippen LogP contribution in [-0.4, -0.2) is 43.0 Å². The molecule has 2 aliphatic heterocycles. The molecular weight excluding hydrogens is 240 g/mol. The van der Waals surface area contributed by atoms with Crippen LogP contribution in [0.25, 0.3) is 0 Å². The number of para-hydroxylation sites is 1. The van der Waals surface area contributed by atoms with Gasteiger partial charge in [-0.2, -0.15) is 0 Å². The maximum atomic E-state index is 11.4. The minimum Gasteiger partial charge on any atom is -0.396 e. The minimum atomic E-state index is -0.459. The zero-order valence-electron chi connectivity index (χ0n) is 11.0. The molecule has 1 unspecified atom stereocenters. The van der Waals surface area contributed by atoms with E-state index in [4.69, 9.17) is 11.5 Å². The normalized spacial score (nSPS) is 23.4. The van der Waals surface area contributed by atoms with Gasteiger partial charge >= 0.3 is 0 Å². The number of nitrogens with two attached hydrogens (primary N) is 2. The van der Waals surface area contributed by atoms with Crippen LogP contribution in [0.1, 0.15) is 23.2 Å². The number of primary amides is 1. The van der Waals surface area contributed by atoms with E-state index in [0.717, 1.165) is 25.3 Å². The first kappa shape index (κ1) is 12.3. The zero-order valence-corrected chi connectivity index (χ0v) is 11.0. The van der Waals surface area contributed by atoms with E-state index in [2.05, 4.69) is 9.80 Å². The maximum Gasteiger partial charge on any atom is 0.250 e. The van der Waals surface area contributed by atoms with Crippen molar-refractivity contribution in [1.82, 2.24) is 4.90 Å². The van der Waals surface area contributed by atoms with Crippen LogP contribution < -0.4 is 16.4 Å². The molecule has 1 aromatic carbocycles. The summed E-state index contributed by atoms with van der Waals surface area (Å²) in [5.74, 6) is -0.459.